The molecule has 0 aliphatic rings. The zero-order valence-corrected chi connectivity index (χ0v) is 19.2. The van der Waals surface area contributed by atoms with Gasteiger partial charge in [0.25, 0.3) is 11.8 Å². The van der Waals surface area contributed by atoms with Crippen LogP contribution in [0.2, 0.25) is 0 Å². The topological polar surface area (TPSA) is 129 Å². The highest BCUT2D eigenvalue weighted by atomic mass is 79.9. The first-order chi connectivity index (χ1) is 15.4. The van der Waals surface area contributed by atoms with Gasteiger partial charge >= 0.3 is 0 Å². The molecule has 0 bridgehead atoms. The third-order valence-corrected chi connectivity index (χ3v) is 5.26. The number of nitrogens with zero attached hydrogens (tertiary/aromatic N) is 8. The van der Waals surface area contributed by atoms with E-state index in [1.807, 2.05) is 13.8 Å². The van der Waals surface area contributed by atoms with Crippen LogP contribution in [0.5, 0.6) is 0 Å². The van der Waals surface area contributed by atoms with Crippen LogP contribution in [0.25, 0.3) is 0 Å². The van der Waals surface area contributed by atoms with Crippen molar-refractivity contribution in [3.8, 4) is 0 Å². The third kappa shape index (κ3) is 4.32. The summed E-state index contributed by atoms with van der Waals surface area (Å²) in [5.41, 5.74) is 2.13. The number of rotatable bonds is 7. The van der Waals surface area contributed by atoms with E-state index in [-0.39, 0.29) is 11.4 Å². The van der Waals surface area contributed by atoms with Crippen LogP contribution in [0, 0.1) is 6.92 Å². The smallest absolute Gasteiger partial charge is 0.276 e. The van der Waals surface area contributed by atoms with Crippen LogP contribution in [-0.4, -0.2) is 50.9 Å². The minimum absolute atomic E-state index is 0.204. The number of anilines is 2. The molecule has 0 aliphatic heterocycles. The molecule has 32 heavy (non-hydrogen) atoms. The lowest BCUT2D eigenvalue weighted by Crippen LogP contribution is -2.21. The van der Waals surface area contributed by atoms with Crippen LogP contribution in [-0.2, 0) is 20.3 Å². The molecule has 0 aromatic carbocycles. The van der Waals surface area contributed by atoms with E-state index in [0.717, 1.165) is 10.2 Å². The summed E-state index contributed by atoms with van der Waals surface area (Å²) < 4.78 is 7.29. The lowest BCUT2D eigenvalue weighted by Gasteiger charge is -2.09. The lowest BCUT2D eigenvalue weighted by molar-refractivity contribution is 0.101. The van der Waals surface area contributed by atoms with Gasteiger partial charge in [-0.25, -0.2) is 4.68 Å². The summed E-state index contributed by atoms with van der Waals surface area (Å²) in [5, 5.41) is 22.4. The van der Waals surface area contributed by atoms with E-state index in [2.05, 4.69) is 47.0 Å². The molecular formula is C19H21BrN10O2. The van der Waals surface area contributed by atoms with Crippen molar-refractivity contribution >= 4 is 39.1 Å². The van der Waals surface area contributed by atoms with Gasteiger partial charge in [-0.05, 0) is 35.8 Å². The number of carbonyl (C=O) groups is 2. The van der Waals surface area contributed by atoms with Gasteiger partial charge in [-0.15, -0.1) is 0 Å². The van der Waals surface area contributed by atoms with E-state index in [4.69, 9.17) is 0 Å². The van der Waals surface area contributed by atoms with Crippen molar-refractivity contribution in [1.29, 1.82) is 0 Å². The van der Waals surface area contributed by atoms with Crippen molar-refractivity contribution in [3.63, 3.8) is 0 Å². The molecular weight excluding hydrogens is 480 g/mol. The number of aryl methyl sites for hydroxylation is 2. The van der Waals surface area contributed by atoms with E-state index in [9.17, 15) is 9.59 Å². The number of amides is 2. The molecule has 0 saturated heterocycles. The van der Waals surface area contributed by atoms with Gasteiger partial charge in [0.1, 0.15) is 12.4 Å². The second-order valence-electron chi connectivity index (χ2n) is 6.98. The average Bonchev–Trinajstić information content (AvgIpc) is 3.54. The van der Waals surface area contributed by atoms with E-state index in [1.165, 1.54) is 10.9 Å². The summed E-state index contributed by atoms with van der Waals surface area (Å²) in [6, 6.07) is 1.59. The lowest BCUT2D eigenvalue weighted by atomic mass is 10.3. The summed E-state index contributed by atoms with van der Waals surface area (Å²) in [5.74, 6) is -0.849. The summed E-state index contributed by atoms with van der Waals surface area (Å²) in [7, 11) is 1.79. The Morgan fingerprint density at radius 1 is 1.03 bits per heavy atom. The van der Waals surface area contributed by atoms with Gasteiger partial charge < -0.3 is 10.6 Å². The van der Waals surface area contributed by atoms with E-state index in [0.29, 0.717) is 24.6 Å². The molecule has 4 rings (SSSR count). The molecule has 0 aliphatic carbocycles. The highest BCUT2D eigenvalue weighted by Crippen LogP contribution is 2.20. The van der Waals surface area contributed by atoms with Gasteiger partial charge in [-0.1, -0.05) is 0 Å². The number of carbonyl (C=O) groups excluding carboxylic acids is 2. The Balaban J connectivity index is 1.51. The quantitative estimate of drug-likeness (QED) is 0.399. The van der Waals surface area contributed by atoms with Crippen molar-refractivity contribution in [3.05, 3.63) is 58.6 Å². The minimum Gasteiger partial charge on any atom is -0.318 e. The van der Waals surface area contributed by atoms with Crippen molar-refractivity contribution < 1.29 is 9.59 Å². The molecule has 2 amide bonds. The number of hydrogen-bond donors (Lipinski definition) is 2. The first-order valence-electron chi connectivity index (χ1n) is 9.74. The predicted octanol–water partition coefficient (Wildman–Crippen LogP) is 2.11. The van der Waals surface area contributed by atoms with Gasteiger partial charge in [-0.3, -0.25) is 23.6 Å². The monoisotopic (exact) mass is 500 g/mol. The molecule has 4 aromatic heterocycles. The normalized spacial score (nSPS) is 11.0. The minimum atomic E-state index is -0.451. The second-order valence-corrected chi connectivity index (χ2v) is 7.89. The predicted molar refractivity (Wildman–Crippen MR) is 119 cm³/mol. The maximum Gasteiger partial charge on any atom is 0.276 e. The van der Waals surface area contributed by atoms with Crippen LogP contribution >= 0.6 is 15.9 Å². The Labute approximate surface area is 191 Å². The zero-order valence-electron chi connectivity index (χ0n) is 17.7. The first-order valence-corrected chi connectivity index (χ1v) is 10.5. The molecule has 0 saturated carbocycles. The van der Waals surface area contributed by atoms with Gasteiger partial charge in [0.15, 0.2) is 5.69 Å². The molecule has 0 atom stereocenters. The molecule has 2 N–H and O–H groups in total. The van der Waals surface area contributed by atoms with Gasteiger partial charge in [0, 0.05) is 26.0 Å². The van der Waals surface area contributed by atoms with Crippen molar-refractivity contribution in [2.24, 2.45) is 7.05 Å². The Bertz CT molecular complexity index is 1280. The average molecular weight is 501 g/mol. The Morgan fingerprint density at radius 2 is 1.78 bits per heavy atom. The first kappa shape index (κ1) is 21.5. The largest absolute Gasteiger partial charge is 0.318 e. The van der Waals surface area contributed by atoms with E-state index >= 15 is 0 Å². The van der Waals surface area contributed by atoms with Crippen LogP contribution in [0.1, 0.15) is 33.6 Å². The van der Waals surface area contributed by atoms with Gasteiger partial charge in [-0.2, -0.15) is 20.4 Å². The molecule has 166 valence electrons. The van der Waals surface area contributed by atoms with Crippen LogP contribution in [0.15, 0.2) is 41.5 Å². The van der Waals surface area contributed by atoms with Crippen molar-refractivity contribution in [2.45, 2.75) is 27.1 Å². The molecule has 0 unspecified atom stereocenters. The SMILES string of the molecule is CCn1ncc(NC(=O)c2ccn(Cn3cc(Br)cn3)n2)c1C(=O)Nc1cnn(C)c1C. The second kappa shape index (κ2) is 8.78. The molecule has 0 spiro atoms. The summed E-state index contributed by atoms with van der Waals surface area (Å²) in [4.78, 5) is 25.7. The molecule has 0 fully saturated rings. The maximum absolute atomic E-state index is 13.0. The Hall–Kier alpha value is -3.74. The number of hydrogen-bond acceptors (Lipinski definition) is 6. The highest BCUT2D eigenvalue weighted by molar-refractivity contribution is 9.10. The van der Waals surface area contributed by atoms with Gasteiger partial charge in [0.2, 0.25) is 0 Å². The van der Waals surface area contributed by atoms with Crippen molar-refractivity contribution in [2.75, 3.05) is 10.6 Å². The highest BCUT2D eigenvalue weighted by Gasteiger charge is 2.22. The molecule has 4 aromatic rings. The Kier molecular flexibility index (Phi) is 5.90. The maximum atomic E-state index is 13.0. The van der Waals surface area contributed by atoms with Crippen molar-refractivity contribution in [1.82, 2.24) is 39.1 Å². The van der Waals surface area contributed by atoms with Crippen LogP contribution < -0.4 is 10.6 Å². The fourth-order valence-electron chi connectivity index (χ4n) is 3.07. The number of halogens is 1. The van der Waals surface area contributed by atoms with Crippen LogP contribution in [0.4, 0.5) is 11.4 Å². The third-order valence-electron chi connectivity index (χ3n) is 4.85. The number of aromatic nitrogens is 8. The van der Waals surface area contributed by atoms with E-state index in [1.54, 1.807) is 51.9 Å². The standard InChI is InChI=1S/C19H21BrN10O2/c1-4-30-17(19(32)24-15-8-21-27(3)12(15)2)16(9-23-30)25-18(31)14-5-6-28(26-14)11-29-10-13(20)7-22-29/h5-10H,4,11H2,1-3H3,(H,24,32)(H,25,31). The fourth-order valence-corrected chi connectivity index (χ4v) is 3.40. The summed E-state index contributed by atoms with van der Waals surface area (Å²) in [6.07, 6.45) is 8.17. The van der Waals surface area contributed by atoms with Crippen LogP contribution in [0.3, 0.4) is 0 Å². The fraction of sp³-hybridized carbons (Fsp3) is 0.263. The molecule has 12 nitrogen and oxygen atoms in total. The zero-order chi connectivity index (χ0) is 22.8. The Morgan fingerprint density at radius 3 is 2.44 bits per heavy atom. The molecule has 13 heteroatoms. The number of nitrogens with one attached hydrogen (secondary N) is 2. The molecule has 4 heterocycles. The van der Waals surface area contributed by atoms with E-state index < -0.39 is 11.8 Å². The summed E-state index contributed by atoms with van der Waals surface area (Å²) >= 11 is 3.34. The summed E-state index contributed by atoms with van der Waals surface area (Å²) in [6.45, 7) is 4.52. The van der Waals surface area contributed by atoms with Gasteiger partial charge in [0.05, 0.1) is 40.1 Å². The molecule has 0 radical (unpaired) electrons.